The number of pyridine rings is 1. The minimum absolute atomic E-state index is 0. The second-order valence-electron chi connectivity index (χ2n) is 4.08. The van der Waals surface area contributed by atoms with Gasteiger partial charge in [-0.3, -0.25) is 0 Å². The fourth-order valence-electron chi connectivity index (χ4n) is 2.03. The van der Waals surface area contributed by atoms with Crippen molar-refractivity contribution < 1.29 is 5.11 Å². The third-order valence-corrected chi connectivity index (χ3v) is 2.91. The number of nitrogens with zero attached hydrogens (tertiary/aromatic N) is 2. The highest BCUT2D eigenvalue weighted by atomic mass is 35.5. The van der Waals surface area contributed by atoms with Gasteiger partial charge in [-0.15, -0.1) is 24.8 Å². The van der Waals surface area contributed by atoms with Crippen molar-refractivity contribution in [1.82, 2.24) is 4.98 Å². The second-order valence-corrected chi connectivity index (χ2v) is 4.08. The number of rotatable bonds is 2. The number of aromatic nitrogens is 1. The van der Waals surface area contributed by atoms with E-state index >= 15 is 0 Å². The van der Waals surface area contributed by atoms with Crippen LogP contribution in [0.4, 0.5) is 11.5 Å². The minimum Gasteiger partial charge on any atom is -0.396 e. The first-order valence-electron chi connectivity index (χ1n) is 5.37. The Kier molecular flexibility index (Phi) is 7.27. The van der Waals surface area contributed by atoms with Gasteiger partial charge in [0, 0.05) is 19.7 Å². The lowest BCUT2D eigenvalue weighted by Gasteiger charge is -2.33. The van der Waals surface area contributed by atoms with Crippen LogP contribution in [0.2, 0.25) is 0 Å². The predicted molar refractivity (Wildman–Crippen MR) is 75.2 cm³/mol. The Morgan fingerprint density at radius 2 is 2.18 bits per heavy atom. The number of hydrogen-bond donors (Lipinski definition) is 2. The summed E-state index contributed by atoms with van der Waals surface area (Å²) in [6.45, 7) is 2.24. The molecule has 0 radical (unpaired) electrons. The summed E-state index contributed by atoms with van der Waals surface area (Å²) in [6, 6.07) is 3.81. The fourth-order valence-corrected chi connectivity index (χ4v) is 2.03. The summed E-state index contributed by atoms with van der Waals surface area (Å²) in [5.41, 5.74) is 6.64. The van der Waals surface area contributed by atoms with E-state index in [4.69, 9.17) is 10.8 Å². The molecule has 0 spiro atoms. The van der Waals surface area contributed by atoms with Gasteiger partial charge < -0.3 is 15.7 Å². The van der Waals surface area contributed by atoms with Crippen LogP contribution in [0.3, 0.4) is 0 Å². The Hall–Kier alpha value is -0.710. The minimum atomic E-state index is 0. The maximum absolute atomic E-state index is 9.14. The van der Waals surface area contributed by atoms with E-state index in [2.05, 4.69) is 9.88 Å². The van der Waals surface area contributed by atoms with E-state index in [9.17, 15) is 0 Å². The van der Waals surface area contributed by atoms with Crippen LogP contribution in [-0.2, 0) is 0 Å². The Morgan fingerprint density at radius 1 is 1.41 bits per heavy atom. The molecular formula is C11H19Cl2N3O. The third kappa shape index (κ3) is 4.22. The third-order valence-electron chi connectivity index (χ3n) is 2.91. The predicted octanol–water partition coefficient (Wildman–Crippen LogP) is 1.72. The Morgan fingerprint density at radius 3 is 2.76 bits per heavy atom. The maximum Gasteiger partial charge on any atom is 0.123 e. The zero-order valence-electron chi connectivity index (χ0n) is 9.58. The molecule has 17 heavy (non-hydrogen) atoms. The largest absolute Gasteiger partial charge is 0.396 e. The highest BCUT2D eigenvalue weighted by Gasteiger charge is 2.19. The second kappa shape index (κ2) is 7.58. The number of aliphatic hydroxyl groups excluding tert-OH is 1. The molecule has 2 rings (SSSR count). The van der Waals surface area contributed by atoms with Crippen molar-refractivity contribution in [1.29, 1.82) is 0 Å². The van der Waals surface area contributed by atoms with Crippen LogP contribution in [0.5, 0.6) is 0 Å². The van der Waals surface area contributed by atoms with Crippen LogP contribution in [0, 0.1) is 5.92 Å². The van der Waals surface area contributed by atoms with E-state index in [1.165, 1.54) is 0 Å². The number of anilines is 2. The van der Waals surface area contributed by atoms with E-state index in [0.717, 1.165) is 31.6 Å². The summed E-state index contributed by atoms with van der Waals surface area (Å²) in [5, 5.41) is 9.14. The lowest BCUT2D eigenvalue weighted by atomic mass is 9.99. The molecule has 0 aliphatic carbocycles. The van der Waals surface area contributed by atoms with Crippen LogP contribution < -0.4 is 10.6 Å². The van der Waals surface area contributed by atoms with Crippen molar-refractivity contribution in [2.24, 2.45) is 5.92 Å². The van der Waals surface area contributed by atoms with E-state index in [1.807, 2.05) is 12.1 Å². The van der Waals surface area contributed by atoms with Crippen molar-refractivity contribution in [3.63, 3.8) is 0 Å². The molecule has 1 aliphatic rings. The van der Waals surface area contributed by atoms with Gasteiger partial charge in [0.25, 0.3) is 0 Å². The standard InChI is InChI=1S/C11H17N3O.2ClH/c12-11-4-3-10(6-13-11)14-5-1-2-9(7-14)8-15;;/h3-4,6,9,15H,1-2,5,7-8H2,(H2,12,13);2*1H/t9-;;/m1../s1. The van der Waals surface area contributed by atoms with Gasteiger partial charge in [-0.05, 0) is 30.9 Å². The first-order valence-corrected chi connectivity index (χ1v) is 5.37. The van der Waals surface area contributed by atoms with Gasteiger partial charge in [-0.1, -0.05) is 0 Å². The number of nitrogens with two attached hydrogens (primary N) is 1. The molecule has 4 nitrogen and oxygen atoms in total. The average Bonchev–Trinajstić information content (AvgIpc) is 2.30. The van der Waals surface area contributed by atoms with Crippen molar-refractivity contribution in [3.05, 3.63) is 18.3 Å². The summed E-state index contributed by atoms with van der Waals surface area (Å²) in [6.07, 6.45) is 4.06. The lowest BCUT2D eigenvalue weighted by molar-refractivity contribution is 0.208. The molecule has 2 heterocycles. The fraction of sp³-hybridized carbons (Fsp3) is 0.545. The molecule has 3 N–H and O–H groups in total. The Balaban J connectivity index is 0.00000128. The summed E-state index contributed by atoms with van der Waals surface area (Å²) in [4.78, 5) is 6.34. The molecule has 1 aliphatic heterocycles. The molecule has 0 saturated carbocycles. The molecule has 6 heteroatoms. The molecule has 98 valence electrons. The topological polar surface area (TPSA) is 62.4 Å². The number of hydrogen-bond acceptors (Lipinski definition) is 4. The molecule has 0 amide bonds. The maximum atomic E-state index is 9.14. The van der Waals surface area contributed by atoms with Crippen LogP contribution in [0.25, 0.3) is 0 Å². The van der Waals surface area contributed by atoms with Crippen molar-refractivity contribution in [2.75, 3.05) is 30.3 Å². The number of nitrogen functional groups attached to an aromatic ring is 1. The van der Waals surface area contributed by atoms with E-state index in [-0.39, 0.29) is 31.4 Å². The molecule has 0 unspecified atom stereocenters. The monoisotopic (exact) mass is 279 g/mol. The van der Waals surface area contributed by atoms with Gasteiger partial charge in [-0.25, -0.2) is 4.98 Å². The van der Waals surface area contributed by atoms with E-state index in [1.54, 1.807) is 6.20 Å². The van der Waals surface area contributed by atoms with Gasteiger partial charge in [0.1, 0.15) is 5.82 Å². The normalized spacial score (nSPS) is 19.1. The Labute approximate surface area is 114 Å². The molecule has 1 atom stereocenters. The first-order chi connectivity index (χ1) is 7.29. The van der Waals surface area contributed by atoms with Crippen molar-refractivity contribution in [3.8, 4) is 0 Å². The number of piperidine rings is 1. The first kappa shape index (κ1) is 16.3. The highest BCUT2D eigenvalue weighted by molar-refractivity contribution is 5.85. The van der Waals surface area contributed by atoms with Gasteiger partial charge in [-0.2, -0.15) is 0 Å². The quantitative estimate of drug-likeness (QED) is 0.865. The average molecular weight is 280 g/mol. The summed E-state index contributed by atoms with van der Waals surface area (Å²) >= 11 is 0. The molecule has 1 fully saturated rings. The number of aliphatic hydroxyl groups is 1. The summed E-state index contributed by atoms with van der Waals surface area (Å²) in [5.74, 6) is 0.950. The van der Waals surface area contributed by atoms with Gasteiger partial charge in [0.2, 0.25) is 0 Å². The van der Waals surface area contributed by atoms with Crippen molar-refractivity contribution in [2.45, 2.75) is 12.8 Å². The smallest absolute Gasteiger partial charge is 0.123 e. The highest BCUT2D eigenvalue weighted by Crippen LogP contribution is 2.22. The van der Waals surface area contributed by atoms with Crippen LogP contribution in [0.1, 0.15) is 12.8 Å². The van der Waals surface area contributed by atoms with Crippen LogP contribution >= 0.6 is 24.8 Å². The van der Waals surface area contributed by atoms with Gasteiger partial charge in [0.05, 0.1) is 11.9 Å². The summed E-state index contributed by atoms with van der Waals surface area (Å²) in [7, 11) is 0. The number of halogens is 2. The van der Waals surface area contributed by atoms with E-state index in [0.29, 0.717) is 11.7 Å². The van der Waals surface area contributed by atoms with Crippen LogP contribution in [0.15, 0.2) is 18.3 Å². The lowest BCUT2D eigenvalue weighted by Crippen LogP contribution is -2.36. The Bertz CT molecular complexity index is 321. The molecule has 1 aromatic heterocycles. The van der Waals surface area contributed by atoms with E-state index < -0.39 is 0 Å². The molecule has 0 bridgehead atoms. The summed E-state index contributed by atoms with van der Waals surface area (Å²) < 4.78 is 0. The van der Waals surface area contributed by atoms with Gasteiger partial charge >= 0.3 is 0 Å². The zero-order valence-corrected chi connectivity index (χ0v) is 11.2. The molecule has 1 aromatic rings. The molecule has 1 saturated heterocycles. The SMILES string of the molecule is Cl.Cl.Nc1ccc(N2CCC[C@@H](CO)C2)cn1. The van der Waals surface area contributed by atoms with Crippen LogP contribution in [-0.4, -0.2) is 29.8 Å². The molecule has 0 aromatic carbocycles. The molecular weight excluding hydrogens is 261 g/mol. The zero-order chi connectivity index (χ0) is 10.7. The van der Waals surface area contributed by atoms with Crippen molar-refractivity contribution >= 4 is 36.3 Å². The van der Waals surface area contributed by atoms with Gasteiger partial charge in [0.15, 0.2) is 0 Å².